The average Bonchev–Trinajstić information content (AvgIpc) is 3.60. The predicted octanol–water partition coefficient (Wildman–Crippen LogP) is 7.50. The molecule has 2 amide bonds. The van der Waals surface area contributed by atoms with Crippen molar-refractivity contribution in [2.24, 2.45) is 5.92 Å². The highest BCUT2D eigenvalue weighted by atomic mass is 16.6. The number of aryl methyl sites for hydroxylation is 2. The van der Waals surface area contributed by atoms with Gasteiger partial charge in [-0.1, -0.05) is 103 Å². The Kier molecular flexibility index (Phi) is 10.1. The Morgan fingerprint density at radius 3 is 2.30 bits per heavy atom. The molecule has 0 spiro atoms. The van der Waals surface area contributed by atoms with Crippen molar-refractivity contribution in [1.82, 2.24) is 4.90 Å². The minimum atomic E-state index is -1.18. The number of carbonyl (C=O) groups excluding carboxylic acids is 3. The zero-order chi connectivity index (χ0) is 31.1. The molecule has 3 aromatic carbocycles. The number of cyclic esters (lactones) is 1. The molecule has 5 rings (SSSR count). The van der Waals surface area contributed by atoms with Gasteiger partial charge in [-0.25, -0.2) is 9.69 Å². The molecule has 4 aromatic rings. The van der Waals surface area contributed by atoms with Crippen LogP contribution in [0.2, 0.25) is 0 Å². The SMILES string of the molecule is Cc1cccc(-c2cc(C(=O)[C@H](Cc3ccccc3)C(=O)N3C(=O)O[C@@H](c4ccccc4)[C@H]3C)oc2CCCCCCO)c1. The number of aliphatic hydroxyl groups excluding tert-OH is 1. The number of furan rings is 1. The van der Waals surface area contributed by atoms with Gasteiger partial charge in [0.15, 0.2) is 5.76 Å². The summed E-state index contributed by atoms with van der Waals surface area (Å²) in [7, 11) is 0. The Morgan fingerprint density at radius 1 is 0.886 bits per heavy atom. The van der Waals surface area contributed by atoms with Crippen molar-refractivity contribution in [1.29, 1.82) is 0 Å². The molecular formula is C37H39NO6. The van der Waals surface area contributed by atoms with Crippen LogP contribution in [0, 0.1) is 12.8 Å². The highest BCUT2D eigenvalue weighted by Crippen LogP contribution is 2.35. The summed E-state index contributed by atoms with van der Waals surface area (Å²) < 4.78 is 11.9. The maximum absolute atomic E-state index is 14.3. The molecule has 0 saturated carbocycles. The molecule has 0 aliphatic carbocycles. The number of Topliss-reactive ketones (excluding diaryl/α,β-unsaturated/α-hetero) is 1. The van der Waals surface area contributed by atoms with Gasteiger partial charge in [-0.05, 0) is 55.9 Å². The number of benzene rings is 3. The van der Waals surface area contributed by atoms with E-state index in [1.165, 1.54) is 0 Å². The number of nitrogens with zero attached hydrogens (tertiary/aromatic N) is 1. The van der Waals surface area contributed by atoms with Crippen LogP contribution in [0.25, 0.3) is 11.1 Å². The smallest absolute Gasteiger partial charge is 0.417 e. The first-order valence-electron chi connectivity index (χ1n) is 15.3. The summed E-state index contributed by atoms with van der Waals surface area (Å²) in [6, 6.07) is 27.8. The van der Waals surface area contributed by atoms with Gasteiger partial charge in [0.05, 0.1) is 6.04 Å². The van der Waals surface area contributed by atoms with Gasteiger partial charge in [0.25, 0.3) is 0 Å². The van der Waals surface area contributed by atoms with Gasteiger partial charge >= 0.3 is 6.09 Å². The minimum Gasteiger partial charge on any atom is -0.457 e. The number of ether oxygens (including phenoxy) is 1. The molecule has 1 saturated heterocycles. The van der Waals surface area contributed by atoms with E-state index >= 15 is 0 Å². The van der Waals surface area contributed by atoms with E-state index in [0.717, 1.165) is 58.4 Å². The van der Waals surface area contributed by atoms with Crippen molar-refractivity contribution in [2.75, 3.05) is 6.61 Å². The Hall–Kier alpha value is -4.49. The fourth-order valence-electron chi connectivity index (χ4n) is 5.87. The Labute approximate surface area is 258 Å². The number of unbranched alkanes of at least 4 members (excludes halogenated alkanes) is 3. The molecule has 7 heteroatoms. The monoisotopic (exact) mass is 593 g/mol. The Balaban J connectivity index is 1.47. The van der Waals surface area contributed by atoms with E-state index in [-0.39, 0.29) is 18.8 Å². The van der Waals surface area contributed by atoms with Gasteiger partial charge in [0.2, 0.25) is 11.7 Å². The predicted molar refractivity (Wildman–Crippen MR) is 168 cm³/mol. The van der Waals surface area contributed by atoms with Gasteiger partial charge in [0.1, 0.15) is 17.8 Å². The average molecular weight is 594 g/mol. The molecule has 228 valence electrons. The lowest BCUT2D eigenvalue weighted by atomic mass is 9.91. The van der Waals surface area contributed by atoms with E-state index in [2.05, 4.69) is 0 Å². The number of aliphatic hydroxyl groups is 1. The molecule has 0 bridgehead atoms. The van der Waals surface area contributed by atoms with E-state index in [1.54, 1.807) is 13.0 Å². The first-order valence-corrected chi connectivity index (χ1v) is 15.3. The van der Waals surface area contributed by atoms with Crippen LogP contribution in [-0.2, 0) is 22.4 Å². The molecular weight excluding hydrogens is 554 g/mol. The highest BCUT2D eigenvalue weighted by Gasteiger charge is 2.47. The third kappa shape index (κ3) is 7.00. The van der Waals surface area contributed by atoms with Crippen LogP contribution in [0.15, 0.2) is 95.4 Å². The lowest BCUT2D eigenvalue weighted by Gasteiger charge is -2.23. The summed E-state index contributed by atoms with van der Waals surface area (Å²) in [4.78, 5) is 42.7. The number of rotatable bonds is 13. The molecule has 1 aromatic heterocycles. The second kappa shape index (κ2) is 14.3. The van der Waals surface area contributed by atoms with Crippen molar-refractivity contribution >= 4 is 17.8 Å². The maximum Gasteiger partial charge on any atom is 0.417 e. The van der Waals surface area contributed by atoms with Crippen LogP contribution in [0.1, 0.15) is 71.7 Å². The van der Waals surface area contributed by atoms with Gasteiger partial charge in [-0.3, -0.25) is 9.59 Å². The molecule has 0 unspecified atom stereocenters. The van der Waals surface area contributed by atoms with E-state index in [4.69, 9.17) is 14.3 Å². The molecule has 7 nitrogen and oxygen atoms in total. The molecule has 1 fully saturated rings. The zero-order valence-electron chi connectivity index (χ0n) is 25.3. The lowest BCUT2D eigenvalue weighted by Crippen LogP contribution is -2.44. The van der Waals surface area contributed by atoms with Crippen molar-refractivity contribution in [2.45, 2.75) is 64.5 Å². The van der Waals surface area contributed by atoms with Crippen LogP contribution < -0.4 is 0 Å². The van der Waals surface area contributed by atoms with Crippen LogP contribution in [0.3, 0.4) is 0 Å². The van der Waals surface area contributed by atoms with Crippen LogP contribution in [0.5, 0.6) is 0 Å². The summed E-state index contributed by atoms with van der Waals surface area (Å²) in [5.41, 5.74) is 4.42. The molecule has 1 aliphatic rings. The number of carbonyl (C=O) groups is 3. The minimum absolute atomic E-state index is 0.0981. The molecule has 1 aliphatic heterocycles. The van der Waals surface area contributed by atoms with Gasteiger partial charge in [-0.15, -0.1) is 0 Å². The van der Waals surface area contributed by atoms with E-state index < -0.39 is 35.8 Å². The van der Waals surface area contributed by atoms with Crippen molar-refractivity contribution in [3.8, 4) is 11.1 Å². The van der Waals surface area contributed by atoms with E-state index in [9.17, 15) is 14.4 Å². The Bertz CT molecular complexity index is 1580. The van der Waals surface area contributed by atoms with Gasteiger partial charge in [0, 0.05) is 18.6 Å². The van der Waals surface area contributed by atoms with Gasteiger partial charge in [-0.2, -0.15) is 0 Å². The lowest BCUT2D eigenvalue weighted by molar-refractivity contribution is -0.131. The second-order valence-electron chi connectivity index (χ2n) is 11.5. The topological polar surface area (TPSA) is 97.1 Å². The van der Waals surface area contributed by atoms with E-state index in [1.807, 2.05) is 91.9 Å². The fourth-order valence-corrected chi connectivity index (χ4v) is 5.87. The summed E-state index contributed by atoms with van der Waals surface area (Å²) >= 11 is 0. The normalized spacial score (nSPS) is 17.0. The fraction of sp³-hybridized carbons (Fsp3) is 0.324. The maximum atomic E-state index is 14.3. The summed E-state index contributed by atoms with van der Waals surface area (Å²) in [6.07, 6.45) is 2.76. The van der Waals surface area contributed by atoms with Crippen LogP contribution in [0.4, 0.5) is 4.79 Å². The summed E-state index contributed by atoms with van der Waals surface area (Å²) in [5, 5.41) is 9.14. The van der Waals surface area contributed by atoms with Crippen molar-refractivity contribution in [3.05, 3.63) is 119 Å². The third-order valence-corrected chi connectivity index (χ3v) is 8.23. The third-order valence-electron chi connectivity index (χ3n) is 8.23. The number of hydrogen-bond acceptors (Lipinski definition) is 6. The largest absolute Gasteiger partial charge is 0.457 e. The summed E-state index contributed by atoms with van der Waals surface area (Å²) in [6.45, 7) is 3.94. The summed E-state index contributed by atoms with van der Waals surface area (Å²) in [5.74, 6) is -1.47. The number of imide groups is 1. The first-order chi connectivity index (χ1) is 21.4. The zero-order valence-corrected chi connectivity index (χ0v) is 25.3. The van der Waals surface area contributed by atoms with Crippen LogP contribution >= 0.6 is 0 Å². The number of amides is 2. The molecule has 0 radical (unpaired) electrons. The highest BCUT2D eigenvalue weighted by molar-refractivity contribution is 6.12. The standard InChI is InChI=1S/C37H39NO6/c1-25-14-13-19-29(22-25)30-24-33(43-32(30)20-11-3-4-12-21-39)34(40)31(23-27-15-7-5-8-16-27)36(41)38-26(2)35(44-37(38)42)28-17-9-6-10-18-28/h5-10,13-19,22,24,26,31,35,39H,3-4,11-12,20-21,23H2,1-2H3/t26-,31+,35-/m1/s1. The van der Waals surface area contributed by atoms with Gasteiger partial charge < -0.3 is 14.3 Å². The van der Waals surface area contributed by atoms with Crippen molar-refractivity contribution in [3.63, 3.8) is 0 Å². The quantitative estimate of drug-likeness (QED) is 0.0980. The second-order valence-corrected chi connectivity index (χ2v) is 11.5. The van der Waals surface area contributed by atoms with E-state index in [0.29, 0.717) is 12.2 Å². The molecule has 1 N–H and O–H groups in total. The first kappa shape index (κ1) is 31.0. The van der Waals surface area contributed by atoms with Crippen LogP contribution in [-0.4, -0.2) is 40.4 Å². The molecule has 3 atom stereocenters. The number of ketones is 1. The molecule has 2 heterocycles. The Morgan fingerprint density at radius 2 is 1.59 bits per heavy atom. The number of hydrogen-bond donors (Lipinski definition) is 1. The van der Waals surface area contributed by atoms with Crippen molar-refractivity contribution < 1.29 is 28.6 Å². The molecule has 44 heavy (non-hydrogen) atoms.